The lowest BCUT2D eigenvalue weighted by Crippen LogP contribution is -2.53. The smallest absolute Gasteiger partial charge is 0.264 e. The maximum Gasteiger partial charge on any atom is 0.264 e. The number of ether oxygens (including phenoxy) is 1. The molecule has 0 bridgehead atoms. The predicted molar refractivity (Wildman–Crippen MR) is 129 cm³/mol. The van der Waals surface area contributed by atoms with Crippen molar-refractivity contribution in [2.24, 2.45) is 0 Å². The minimum Gasteiger partial charge on any atom is -0.491 e. The van der Waals surface area contributed by atoms with Crippen LogP contribution < -0.4 is 4.74 Å². The lowest BCUT2D eigenvalue weighted by Gasteiger charge is -2.40. The van der Waals surface area contributed by atoms with Crippen molar-refractivity contribution in [2.45, 2.75) is 38.8 Å². The molecule has 4 rings (SSSR count). The molecule has 0 N–H and O–H groups in total. The van der Waals surface area contributed by atoms with Crippen LogP contribution in [0.3, 0.4) is 0 Å². The summed E-state index contributed by atoms with van der Waals surface area (Å²) in [7, 11) is 0. The van der Waals surface area contributed by atoms with Crippen molar-refractivity contribution in [3.63, 3.8) is 0 Å². The maximum absolute atomic E-state index is 13.6. The molecule has 0 radical (unpaired) electrons. The number of benzene rings is 1. The van der Waals surface area contributed by atoms with Crippen molar-refractivity contribution in [1.29, 1.82) is 0 Å². The molecule has 0 fully saturated rings. The van der Waals surface area contributed by atoms with Crippen molar-refractivity contribution in [3.8, 4) is 5.75 Å². The number of hydrogen-bond donors (Lipinski definition) is 0. The van der Waals surface area contributed by atoms with Crippen molar-refractivity contribution in [3.05, 3.63) is 74.4 Å². The summed E-state index contributed by atoms with van der Waals surface area (Å²) in [6.07, 6.45) is 0.778. The van der Waals surface area contributed by atoms with Crippen molar-refractivity contribution < 1.29 is 18.7 Å². The minimum atomic E-state index is -0.514. The van der Waals surface area contributed by atoms with Crippen LogP contribution in [0.2, 0.25) is 0 Å². The zero-order chi connectivity index (χ0) is 23.6. The molecule has 1 aromatic carbocycles. The number of hydrogen-bond acceptors (Lipinski definition) is 5. The Kier molecular flexibility index (Phi) is 6.86. The molecule has 2 aromatic heterocycles. The molecule has 0 aliphatic carbocycles. The second kappa shape index (κ2) is 9.65. The fourth-order valence-corrected chi connectivity index (χ4v) is 5.55. The fourth-order valence-electron chi connectivity index (χ4n) is 3.95. The molecule has 0 saturated carbocycles. The molecular weight excluding hydrogens is 459 g/mol. The number of thiophene rings is 2. The van der Waals surface area contributed by atoms with Gasteiger partial charge in [-0.3, -0.25) is 9.59 Å². The van der Waals surface area contributed by atoms with E-state index in [1.54, 1.807) is 34.4 Å². The zero-order valence-electron chi connectivity index (χ0n) is 18.9. The van der Waals surface area contributed by atoms with Crippen molar-refractivity contribution >= 4 is 34.5 Å². The Morgan fingerprint density at radius 1 is 1.12 bits per heavy atom. The Hall–Kier alpha value is -2.71. The average molecular weight is 487 g/mol. The molecule has 174 valence electrons. The monoisotopic (exact) mass is 486 g/mol. The van der Waals surface area contributed by atoms with E-state index in [2.05, 4.69) is 0 Å². The Morgan fingerprint density at radius 3 is 2.55 bits per heavy atom. The normalized spacial score (nSPS) is 15.8. The molecule has 1 atom stereocenters. The van der Waals surface area contributed by atoms with Crippen molar-refractivity contribution in [1.82, 2.24) is 9.80 Å². The molecule has 0 saturated heterocycles. The van der Waals surface area contributed by atoms with Crippen LogP contribution in [0.5, 0.6) is 5.75 Å². The molecule has 3 aromatic rings. The van der Waals surface area contributed by atoms with E-state index in [9.17, 15) is 14.0 Å². The molecule has 0 unspecified atom stereocenters. The van der Waals surface area contributed by atoms with Gasteiger partial charge in [0.1, 0.15) is 24.7 Å². The average Bonchev–Trinajstić information content (AvgIpc) is 3.47. The van der Waals surface area contributed by atoms with Gasteiger partial charge < -0.3 is 14.5 Å². The van der Waals surface area contributed by atoms with Gasteiger partial charge in [-0.25, -0.2) is 4.39 Å². The molecule has 2 amide bonds. The van der Waals surface area contributed by atoms with E-state index in [1.807, 2.05) is 48.6 Å². The standard InChI is InChI=1S/C25H27FN2O3S2/c1-25(2,3)28(24(30)22-5-4-13-32-22)15-23(29)27-12-10-21-19(11-14-33-21)20(27)16-31-18-8-6-17(26)7-9-18/h4-9,11,13-14,20H,10,12,15-16H2,1-3H3/t20-/m1/s1. The highest BCUT2D eigenvalue weighted by atomic mass is 32.1. The van der Waals surface area contributed by atoms with Crippen LogP contribution in [0.15, 0.2) is 53.2 Å². The SMILES string of the molecule is CC(C)(C)N(CC(=O)N1CCc2sccc2[C@H]1COc1ccc(F)cc1)C(=O)c1cccs1. The van der Waals surface area contributed by atoms with Gasteiger partial charge in [-0.1, -0.05) is 6.07 Å². The van der Waals surface area contributed by atoms with Gasteiger partial charge in [0.15, 0.2) is 0 Å². The largest absolute Gasteiger partial charge is 0.491 e. The molecule has 1 aliphatic heterocycles. The van der Waals surface area contributed by atoms with E-state index in [1.165, 1.54) is 28.3 Å². The molecule has 8 heteroatoms. The van der Waals surface area contributed by atoms with E-state index in [0.29, 0.717) is 17.2 Å². The summed E-state index contributed by atoms with van der Waals surface area (Å²) in [5, 5.41) is 3.90. The molecule has 33 heavy (non-hydrogen) atoms. The summed E-state index contributed by atoms with van der Waals surface area (Å²) in [4.78, 5) is 32.0. The van der Waals surface area contributed by atoms with Gasteiger partial charge in [0.25, 0.3) is 5.91 Å². The highest BCUT2D eigenvalue weighted by Crippen LogP contribution is 2.34. The number of amides is 2. The molecular formula is C25H27FN2O3S2. The molecule has 5 nitrogen and oxygen atoms in total. The predicted octanol–water partition coefficient (Wildman–Crippen LogP) is 5.39. The molecule has 3 heterocycles. The number of carbonyl (C=O) groups excluding carboxylic acids is 2. The Morgan fingerprint density at radius 2 is 1.88 bits per heavy atom. The van der Waals surface area contributed by atoms with E-state index < -0.39 is 5.54 Å². The van der Waals surface area contributed by atoms with Crippen LogP contribution in [-0.4, -0.2) is 46.8 Å². The quantitative estimate of drug-likeness (QED) is 0.469. The van der Waals surface area contributed by atoms with Gasteiger partial charge in [-0.05, 0) is 79.9 Å². The lowest BCUT2D eigenvalue weighted by atomic mass is 9.99. The topological polar surface area (TPSA) is 49.9 Å². The Labute approximate surface area is 201 Å². The minimum absolute atomic E-state index is 0.00719. The third-order valence-electron chi connectivity index (χ3n) is 5.72. The number of carbonyl (C=O) groups is 2. The third kappa shape index (κ3) is 5.28. The number of halogens is 1. The van der Waals surface area contributed by atoms with Gasteiger partial charge in [-0.15, -0.1) is 22.7 Å². The highest BCUT2D eigenvalue weighted by molar-refractivity contribution is 7.12. The van der Waals surface area contributed by atoms with Crippen LogP contribution in [0, 0.1) is 5.82 Å². The lowest BCUT2D eigenvalue weighted by molar-refractivity contribution is -0.136. The van der Waals surface area contributed by atoms with Gasteiger partial charge in [0.2, 0.25) is 5.91 Å². The first-order valence-corrected chi connectivity index (χ1v) is 12.6. The zero-order valence-corrected chi connectivity index (χ0v) is 20.5. The first-order valence-electron chi connectivity index (χ1n) is 10.8. The number of fused-ring (bicyclic) bond motifs is 1. The van der Waals surface area contributed by atoms with Gasteiger partial charge in [0, 0.05) is 17.0 Å². The summed E-state index contributed by atoms with van der Waals surface area (Å²) in [6.45, 7) is 6.63. The second-order valence-corrected chi connectivity index (χ2v) is 10.9. The number of rotatable bonds is 6. The summed E-state index contributed by atoms with van der Waals surface area (Å²) in [6, 6.07) is 11.3. The van der Waals surface area contributed by atoms with E-state index in [-0.39, 0.29) is 36.8 Å². The molecule has 0 spiro atoms. The van der Waals surface area contributed by atoms with E-state index in [4.69, 9.17) is 4.74 Å². The van der Waals surface area contributed by atoms with E-state index >= 15 is 0 Å². The van der Waals surface area contributed by atoms with Crippen LogP contribution in [-0.2, 0) is 11.2 Å². The summed E-state index contributed by atoms with van der Waals surface area (Å²) >= 11 is 3.06. The van der Waals surface area contributed by atoms with Gasteiger partial charge in [-0.2, -0.15) is 0 Å². The Bertz CT molecular complexity index is 1100. The maximum atomic E-state index is 13.6. The summed E-state index contributed by atoms with van der Waals surface area (Å²) in [5.41, 5.74) is 0.564. The first kappa shape index (κ1) is 23.4. The van der Waals surface area contributed by atoms with Crippen LogP contribution in [0.1, 0.15) is 46.9 Å². The van der Waals surface area contributed by atoms with Gasteiger partial charge >= 0.3 is 0 Å². The van der Waals surface area contributed by atoms with Crippen LogP contribution in [0.4, 0.5) is 4.39 Å². The van der Waals surface area contributed by atoms with E-state index in [0.717, 1.165) is 12.0 Å². The van der Waals surface area contributed by atoms with Gasteiger partial charge in [0.05, 0.1) is 10.9 Å². The van der Waals surface area contributed by atoms with Crippen LogP contribution in [0.25, 0.3) is 0 Å². The highest BCUT2D eigenvalue weighted by Gasteiger charge is 2.36. The molecule has 1 aliphatic rings. The number of nitrogens with zero attached hydrogens (tertiary/aromatic N) is 2. The third-order valence-corrected chi connectivity index (χ3v) is 7.57. The summed E-state index contributed by atoms with van der Waals surface area (Å²) in [5.74, 6) is -0.0254. The first-order chi connectivity index (χ1) is 15.7. The van der Waals surface area contributed by atoms with Crippen molar-refractivity contribution in [2.75, 3.05) is 19.7 Å². The fraction of sp³-hybridized carbons (Fsp3) is 0.360. The van der Waals surface area contributed by atoms with Crippen LogP contribution >= 0.6 is 22.7 Å². The summed E-state index contributed by atoms with van der Waals surface area (Å²) < 4.78 is 19.2. The Balaban J connectivity index is 1.54. The second-order valence-electron chi connectivity index (χ2n) is 8.96.